The van der Waals surface area contributed by atoms with Crippen LogP contribution in [0.3, 0.4) is 0 Å². The topological polar surface area (TPSA) is 32.3 Å². The van der Waals surface area contributed by atoms with Gasteiger partial charge in [-0.1, -0.05) is 32.6 Å². The minimum atomic E-state index is 0.227. The molecule has 1 N–H and O–H groups in total. The molecule has 2 atom stereocenters. The zero-order valence-corrected chi connectivity index (χ0v) is 12.0. The zero-order valence-electron chi connectivity index (χ0n) is 12.0. The second-order valence-electron chi connectivity index (χ2n) is 6.17. The highest BCUT2D eigenvalue weighted by molar-refractivity contribution is 5.79. The lowest BCUT2D eigenvalue weighted by atomic mass is 9.93. The lowest BCUT2D eigenvalue weighted by Crippen LogP contribution is -2.43. The number of likely N-dealkylation sites (N-methyl/N-ethyl adjacent to an activating group) is 1. The van der Waals surface area contributed by atoms with Crippen molar-refractivity contribution in [3.8, 4) is 0 Å². The van der Waals surface area contributed by atoms with Gasteiger partial charge in [0, 0.05) is 25.0 Å². The predicted octanol–water partition coefficient (Wildman–Crippen LogP) is 2.41. The highest BCUT2D eigenvalue weighted by atomic mass is 16.2. The molecule has 1 saturated heterocycles. The molecule has 0 aromatic rings. The lowest BCUT2D eigenvalue weighted by Gasteiger charge is -2.28. The molecule has 0 radical (unpaired) electrons. The number of nitrogens with one attached hydrogen (secondary N) is 1. The van der Waals surface area contributed by atoms with Gasteiger partial charge >= 0.3 is 0 Å². The third kappa shape index (κ3) is 3.25. The highest BCUT2D eigenvalue weighted by Gasteiger charge is 2.32. The number of carbonyl (C=O) groups excluding carboxylic acids is 1. The molecule has 1 amide bonds. The Morgan fingerprint density at radius 3 is 2.67 bits per heavy atom. The second-order valence-corrected chi connectivity index (χ2v) is 6.17. The summed E-state index contributed by atoms with van der Waals surface area (Å²) in [6.07, 6.45) is 8.89. The smallest absolute Gasteiger partial charge is 0.225 e. The predicted molar refractivity (Wildman–Crippen MR) is 74.4 cm³/mol. The summed E-state index contributed by atoms with van der Waals surface area (Å²) >= 11 is 0. The number of rotatable bonds is 5. The molecule has 3 heteroatoms. The minimum Gasteiger partial charge on any atom is -0.338 e. The molecule has 2 rings (SSSR count). The molecule has 0 bridgehead atoms. The lowest BCUT2D eigenvalue weighted by molar-refractivity contribution is -0.136. The van der Waals surface area contributed by atoms with Crippen LogP contribution in [0.1, 0.15) is 51.9 Å². The summed E-state index contributed by atoms with van der Waals surface area (Å²) < 4.78 is 0. The Kier molecular flexibility index (Phi) is 5.04. The maximum absolute atomic E-state index is 12.5. The Bertz CT molecular complexity index is 274. The fourth-order valence-electron chi connectivity index (χ4n) is 3.70. The van der Waals surface area contributed by atoms with Crippen LogP contribution >= 0.6 is 0 Å². The molecular formula is C15H28N2O. The number of amides is 1. The Labute approximate surface area is 111 Å². The first kappa shape index (κ1) is 13.9. The molecule has 1 aliphatic carbocycles. The maximum Gasteiger partial charge on any atom is 0.225 e. The average Bonchev–Trinajstić information content (AvgIpc) is 3.00. The van der Waals surface area contributed by atoms with Gasteiger partial charge in [0.15, 0.2) is 0 Å². The molecule has 3 nitrogen and oxygen atoms in total. The van der Waals surface area contributed by atoms with Gasteiger partial charge in [0.25, 0.3) is 0 Å². The van der Waals surface area contributed by atoms with Crippen LogP contribution in [-0.4, -0.2) is 37.0 Å². The summed E-state index contributed by atoms with van der Waals surface area (Å²) in [5, 5.41) is 3.21. The molecule has 0 spiro atoms. The molecule has 0 aromatic heterocycles. The Balaban J connectivity index is 1.84. The third-order valence-corrected chi connectivity index (χ3v) is 4.68. The van der Waals surface area contributed by atoms with Gasteiger partial charge in [-0.25, -0.2) is 0 Å². The number of nitrogens with zero attached hydrogens (tertiary/aromatic N) is 1. The monoisotopic (exact) mass is 252 g/mol. The van der Waals surface area contributed by atoms with Gasteiger partial charge in [-0.05, 0) is 32.2 Å². The number of hydrogen-bond acceptors (Lipinski definition) is 2. The van der Waals surface area contributed by atoms with Crippen LogP contribution in [0.4, 0.5) is 0 Å². The first-order chi connectivity index (χ1) is 8.72. The van der Waals surface area contributed by atoms with E-state index in [9.17, 15) is 4.79 Å². The van der Waals surface area contributed by atoms with Crippen LogP contribution in [0.15, 0.2) is 0 Å². The van der Waals surface area contributed by atoms with E-state index in [0.717, 1.165) is 25.4 Å². The number of likely N-dealkylation sites (tertiary alicyclic amines) is 1. The van der Waals surface area contributed by atoms with Crippen molar-refractivity contribution >= 4 is 5.91 Å². The van der Waals surface area contributed by atoms with Crippen molar-refractivity contribution in [1.82, 2.24) is 10.2 Å². The van der Waals surface area contributed by atoms with E-state index in [2.05, 4.69) is 17.1 Å². The van der Waals surface area contributed by atoms with E-state index in [0.29, 0.717) is 11.9 Å². The van der Waals surface area contributed by atoms with Crippen LogP contribution < -0.4 is 5.32 Å². The van der Waals surface area contributed by atoms with E-state index in [1.165, 1.54) is 38.5 Å². The largest absolute Gasteiger partial charge is 0.338 e. The molecule has 0 aromatic carbocycles. The molecule has 1 saturated carbocycles. The van der Waals surface area contributed by atoms with Crippen molar-refractivity contribution in [1.29, 1.82) is 0 Å². The fourth-order valence-corrected chi connectivity index (χ4v) is 3.70. The number of carbonyl (C=O) groups is 1. The van der Waals surface area contributed by atoms with Crippen LogP contribution in [0.5, 0.6) is 0 Å². The minimum absolute atomic E-state index is 0.227. The van der Waals surface area contributed by atoms with E-state index in [-0.39, 0.29) is 5.92 Å². The summed E-state index contributed by atoms with van der Waals surface area (Å²) in [7, 11) is 1.98. The highest BCUT2D eigenvalue weighted by Crippen LogP contribution is 2.31. The summed E-state index contributed by atoms with van der Waals surface area (Å²) in [5.41, 5.74) is 0. The van der Waals surface area contributed by atoms with Gasteiger partial charge in [-0.3, -0.25) is 4.79 Å². The maximum atomic E-state index is 12.5. The fraction of sp³-hybridized carbons (Fsp3) is 0.933. The van der Waals surface area contributed by atoms with E-state index in [1.807, 2.05) is 7.05 Å². The van der Waals surface area contributed by atoms with Crippen molar-refractivity contribution in [2.45, 2.75) is 57.9 Å². The van der Waals surface area contributed by atoms with Gasteiger partial charge < -0.3 is 10.2 Å². The molecule has 1 aliphatic heterocycles. The Morgan fingerprint density at radius 1 is 1.28 bits per heavy atom. The van der Waals surface area contributed by atoms with Gasteiger partial charge in [-0.15, -0.1) is 0 Å². The van der Waals surface area contributed by atoms with Crippen molar-refractivity contribution in [3.05, 3.63) is 0 Å². The molecule has 2 aliphatic rings. The molecule has 2 fully saturated rings. The van der Waals surface area contributed by atoms with Crippen LogP contribution in [0.25, 0.3) is 0 Å². The van der Waals surface area contributed by atoms with E-state index in [4.69, 9.17) is 0 Å². The van der Waals surface area contributed by atoms with Crippen LogP contribution in [0.2, 0.25) is 0 Å². The Hall–Kier alpha value is -0.570. The number of hydrogen-bond donors (Lipinski definition) is 1. The molecule has 104 valence electrons. The van der Waals surface area contributed by atoms with Crippen LogP contribution in [-0.2, 0) is 4.79 Å². The quantitative estimate of drug-likeness (QED) is 0.815. The van der Waals surface area contributed by atoms with Gasteiger partial charge in [0.1, 0.15) is 0 Å². The van der Waals surface area contributed by atoms with Crippen molar-refractivity contribution in [2.75, 3.05) is 20.1 Å². The third-order valence-electron chi connectivity index (χ3n) is 4.68. The molecular weight excluding hydrogens is 224 g/mol. The molecule has 2 unspecified atom stereocenters. The summed E-state index contributed by atoms with van der Waals surface area (Å²) in [6.45, 7) is 4.05. The summed E-state index contributed by atoms with van der Waals surface area (Å²) in [6, 6.07) is 0.438. The van der Waals surface area contributed by atoms with E-state index < -0.39 is 0 Å². The standard InChI is InChI=1S/C15H28N2O/c1-12(10-13-6-3-4-7-13)15(18)17-9-5-8-14(17)11-16-2/h12-14,16H,3-11H2,1-2H3. The summed E-state index contributed by atoms with van der Waals surface area (Å²) in [4.78, 5) is 14.7. The van der Waals surface area contributed by atoms with Crippen molar-refractivity contribution in [2.24, 2.45) is 11.8 Å². The Morgan fingerprint density at radius 2 is 2.00 bits per heavy atom. The average molecular weight is 252 g/mol. The van der Waals surface area contributed by atoms with Gasteiger partial charge in [0.2, 0.25) is 5.91 Å². The van der Waals surface area contributed by atoms with Gasteiger partial charge in [0.05, 0.1) is 0 Å². The van der Waals surface area contributed by atoms with Gasteiger partial charge in [-0.2, -0.15) is 0 Å². The second kappa shape index (κ2) is 6.55. The molecule has 18 heavy (non-hydrogen) atoms. The summed E-state index contributed by atoms with van der Waals surface area (Å²) in [5.74, 6) is 1.44. The van der Waals surface area contributed by atoms with Crippen LogP contribution in [0, 0.1) is 11.8 Å². The first-order valence-corrected chi connectivity index (χ1v) is 7.67. The van der Waals surface area contributed by atoms with E-state index >= 15 is 0 Å². The van der Waals surface area contributed by atoms with E-state index in [1.54, 1.807) is 0 Å². The molecule has 1 heterocycles. The normalized spacial score (nSPS) is 26.8. The SMILES string of the molecule is CNCC1CCCN1C(=O)C(C)CC1CCCC1. The van der Waals surface area contributed by atoms with Crippen molar-refractivity contribution < 1.29 is 4.79 Å². The zero-order chi connectivity index (χ0) is 13.0. The van der Waals surface area contributed by atoms with Crippen molar-refractivity contribution in [3.63, 3.8) is 0 Å². The first-order valence-electron chi connectivity index (χ1n) is 7.67.